The van der Waals surface area contributed by atoms with Crippen LogP contribution in [0, 0.1) is 6.92 Å². The highest BCUT2D eigenvalue weighted by molar-refractivity contribution is 7.15. The SMILES string of the molecule is Cc1sc(-c2ccncc2)nc1-c1ccc2c(c1)NCCO2. The molecular formula is C17H15N3OS. The fourth-order valence-electron chi connectivity index (χ4n) is 2.57. The van der Waals surface area contributed by atoms with Gasteiger partial charge in [-0.2, -0.15) is 0 Å². The molecule has 1 aliphatic rings. The van der Waals surface area contributed by atoms with E-state index >= 15 is 0 Å². The Bertz CT molecular complexity index is 814. The molecule has 0 saturated carbocycles. The fourth-order valence-corrected chi connectivity index (χ4v) is 3.51. The van der Waals surface area contributed by atoms with Crippen molar-refractivity contribution in [3.8, 4) is 27.6 Å². The van der Waals surface area contributed by atoms with E-state index in [0.29, 0.717) is 6.61 Å². The van der Waals surface area contributed by atoms with Crippen LogP contribution in [0.2, 0.25) is 0 Å². The Labute approximate surface area is 132 Å². The quantitative estimate of drug-likeness (QED) is 0.777. The summed E-state index contributed by atoms with van der Waals surface area (Å²) in [5, 5.41) is 4.40. The van der Waals surface area contributed by atoms with E-state index < -0.39 is 0 Å². The number of aryl methyl sites for hydroxylation is 1. The molecule has 3 heterocycles. The van der Waals surface area contributed by atoms with Gasteiger partial charge >= 0.3 is 0 Å². The van der Waals surface area contributed by atoms with Gasteiger partial charge in [-0.05, 0) is 37.3 Å². The molecular weight excluding hydrogens is 294 g/mol. The Kier molecular flexibility index (Phi) is 3.27. The average Bonchev–Trinajstić information content (AvgIpc) is 2.97. The highest BCUT2D eigenvalue weighted by Gasteiger charge is 2.15. The third kappa shape index (κ3) is 2.33. The number of hydrogen-bond acceptors (Lipinski definition) is 5. The van der Waals surface area contributed by atoms with Gasteiger partial charge < -0.3 is 10.1 Å². The third-order valence-corrected chi connectivity index (χ3v) is 4.67. The molecule has 4 nitrogen and oxygen atoms in total. The smallest absolute Gasteiger partial charge is 0.142 e. The highest BCUT2D eigenvalue weighted by atomic mass is 32.1. The standard InChI is InChI=1S/C17H15N3OS/c1-11-16(20-17(22-11)12-4-6-18-7-5-12)13-2-3-15-14(10-13)19-8-9-21-15/h2-7,10,19H,8-9H2,1H3. The largest absolute Gasteiger partial charge is 0.490 e. The molecule has 0 fully saturated rings. The number of hydrogen-bond donors (Lipinski definition) is 1. The number of nitrogens with one attached hydrogen (secondary N) is 1. The van der Waals surface area contributed by atoms with Crippen LogP contribution in [0.25, 0.3) is 21.8 Å². The lowest BCUT2D eigenvalue weighted by Gasteiger charge is -2.19. The molecule has 110 valence electrons. The number of ether oxygens (including phenoxy) is 1. The fraction of sp³-hybridized carbons (Fsp3) is 0.176. The van der Waals surface area contributed by atoms with Gasteiger partial charge in [0.15, 0.2) is 0 Å². The third-order valence-electron chi connectivity index (χ3n) is 3.65. The topological polar surface area (TPSA) is 47.0 Å². The zero-order valence-electron chi connectivity index (χ0n) is 12.2. The second kappa shape index (κ2) is 5.42. The molecule has 1 aliphatic heterocycles. The molecule has 0 bridgehead atoms. The van der Waals surface area contributed by atoms with E-state index in [-0.39, 0.29) is 0 Å². The van der Waals surface area contributed by atoms with E-state index in [4.69, 9.17) is 9.72 Å². The van der Waals surface area contributed by atoms with Crippen molar-refractivity contribution in [2.24, 2.45) is 0 Å². The number of rotatable bonds is 2. The van der Waals surface area contributed by atoms with Gasteiger partial charge in [0.25, 0.3) is 0 Å². The van der Waals surface area contributed by atoms with Crippen molar-refractivity contribution in [2.45, 2.75) is 6.92 Å². The number of benzene rings is 1. The number of anilines is 1. The van der Waals surface area contributed by atoms with Gasteiger partial charge in [-0.3, -0.25) is 4.98 Å². The van der Waals surface area contributed by atoms with Gasteiger partial charge in [0.05, 0.1) is 11.4 Å². The molecule has 22 heavy (non-hydrogen) atoms. The Morgan fingerprint density at radius 1 is 1.14 bits per heavy atom. The molecule has 0 unspecified atom stereocenters. The summed E-state index contributed by atoms with van der Waals surface area (Å²) in [6, 6.07) is 10.2. The van der Waals surface area contributed by atoms with Gasteiger partial charge in [0, 0.05) is 34.9 Å². The first-order valence-electron chi connectivity index (χ1n) is 7.20. The molecule has 4 rings (SSSR count). The number of fused-ring (bicyclic) bond motifs is 1. The van der Waals surface area contributed by atoms with E-state index in [1.54, 1.807) is 23.7 Å². The summed E-state index contributed by atoms with van der Waals surface area (Å²) < 4.78 is 5.63. The molecule has 1 aromatic carbocycles. The molecule has 1 N–H and O–H groups in total. The highest BCUT2D eigenvalue weighted by Crippen LogP contribution is 2.37. The van der Waals surface area contributed by atoms with Crippen molar-refractivity contribution in [1.82, 2.24) is 9.97 Å². The summed E-state index contributed by atoms with van der Waals surface area (Å²) in [4.78, 5) is 10.1. The summed E-state index contributed by atoms with van der Waals surface area (Å²) in [5.74, 6) is 0.914. The predicted molar refractivity (Wildman–Crippen MR) is 89.5 cm³/mol. The molecule has 0 radical (unpaired) electrons. The zero-order valence-corrected chi connectivity index (χ0v) is 13.0. The zero-order chi connectivity index (χ0) is 14.9. The Morgan fingerprint density at radius 2 is 2.00 bits per heavy atom. The summed E-state index contributed by atoms with van der Waals surface area (Å²) >= 11 is 1.71. The molecule has 0 aliphatic carbocycles. The Balaban J connectivity index is 1.75. The predicted octanol–water partition coefficient (Wildman–Crippen LogP) is 3.98. The molecule has 0 amide bonds. The maximum Gasteiger partial charge on any atom is 0.142 e. The van der Waals surface area contributed by atoms with Crippen molar-refractivity contribution in [2.75, 3.05) is 18.5 Å². The van der Waals surface area contributed by atoms with Gasteiger partial charge in [0.2, 0.25) is 0 Å². The monoisotopic (exact) mass is 309 g/mol. The number of nitrogens with zero attached hydrogens (tertiary/aromatic N) is 2. The Morgan fingerprint density at radius 3 is 2.86 bits per heavy atom. The van der Waals surface area contributed by atoms with Gasteiger partial charge in [-0.25, -0.2) is 4.98 Å². The lowest BCUT2D eigenvalue weighted by atomic mass is 10.1. The Hall–Kier alpha value is -2.40. The van der Waals surface area contributed by atoms with Crippen LogP contribution in [0.1, 0.15) is 4.88 Å². The second-order valence-electron chi connectivity index (χ2n) is 5.15. The molecule has 3 aromatic rings. The van der Waals surface area contributed by atoms with Crippen LogP contribution in [0.4, 0.5) is 5.69 Å². The van der Waals surface area contributed by atoms with E-state index in [2.05, 4.69) is 29.4 Å². The number of thiazole rings is 1. The minimum atomic E-state index is 0.717. The van der Waals surface area contributed by atoms with E-state index in [1.807, 2.05) is 18.2 Å². The van der Waals surface area contributed by atoms with E-state index in [9.17, 15) is 0 Å². The van der Waals surface area contributed by atoms with E-state index in [1.165, 1.54) is 4.88 Å². The average molecular weight is 309 g/mol. The van der Waals surface area contributed by atoms with Crippen LogP contribution >= 0.6 is 11.3 Å². The summed E-state index contributed by atoms with van der Waals surface area (Å²) in [5.41, 5.74) is 4.30. The van der Waals surface area contributed by atoms with Crippen molar-refractivity contribution < 1.29 is 4.74 Å². The van der Waals surface area contributed by atoms with Gasteiger partial charge in [0.1, 0.15) is 17.4 Å². The first-order chi connectivity index (χ1) is 10.8. The second-order valence-corrected chi connectivity index (χ2v) is 6.35. The molecule has 0 saturated heterocycles. The van der Waals surface area contributed by atoms with Crippen molar-refractivity contribution >= 4 is 17.0 Å². The summed E-state index contributed by atoms with van der Waals surface area (Å²) in [7, 11) is 0. The van der Waals surface area contributed by atoms with Crippen LogP contribution in [-0.2, 0) is 0 Å². The lowest BCUT2D eigenvalue weighted by Crippen LogP contribution is -2.17. The van der Waals surface area contributed by atoms with Crippen molar-refractivity contribution in [1.29, 1.82) is 0 Å². The maximum absolute atomic E-state index is 5.63. The first kappa shape index (κ1) is 13.3. The number of aromatic nitrogens is 2. The van der Waals surface area contributed by atoms with Crippen molar-refractivity contribution in [3.63, 3.8) is 0 Å². The van der Waals surface area contributed by atoms with Crippen LogP contribution in [0.5, 0.6) is 5.75 Å². The summed E-state index contributed by atoms with van der Waals surface area (Å²) in [6.07, 6.45) is 3.60. The van der Waals surface area contributed by atoms with Crippen LogP contribution < -0.4 is 10.1 Å². The minimum absolute atomic E-state index is 0.717. The minimum Gasteiger partial charge on any atom is -0.490 e. The van der Waals surface area contributed by atoms with Gasteiger partial charge in [-0.15, -0.1) is 11.3 Å². The maximum atomic E-state index is 5.63. The van der Waals surface area contributed by atoms with Crippen LogP contribution in [-0.4, -0.2) is 23.1 Å². The summed E-state index contributed by atoms with van der Waals surface area (Å²) in [6.45, 7) is 3.67. The van der Waals surface area contributed by atoms with Crippen molar-refractivity contribution in [3.05, 3.63) is 47.6 Å². The molecule has 0 spiro atoms. The lowest BCUT2D eigenvalue weighted by molar-refractivity contribution is 0.323. The van der Waals surface area contributed by atoms with Crippen LogP contribution in [0.15, 0.2) is 42.7 Å². The van der Waals surface area contributed by atoms with E-state index in [0.717, 1.165) is 39.8 Å². The molecule has 0 atom stereocenters. The van der Waals surface area contributed by atoms with Gasteiger partial charge in [-0.1, -0.05) is 0 Å². The number of pyridine rings is 1. The normalized spacial score (nSPS) is 13.1. The molecule has 2 aromatic heterocycles. The van der Waals surface area contributed by atoms with Crippen LogP contribution in [0.3, 0.4) is 0 Å². The first-order valence-corrected chi connectivity index (χ1v) is 8.02. The molecule has 5 heteroatoms.